The highest BCUT2D eigenvalue weighted by molar-refractivity contribution is 7.25. The van der Waals surface area contributed by atoms with Crippen molar-refractivity contribution in [2.45, 2.75) is 19.3 Å². The maximum absolute atomic E-state index is 9.64. The molecule has 0 amide bonds. The van der Waals surface area contributed by atoms with Gasteiger partial charge in [-0.3, -0.25) is 0 Å². The number of hydrogen-bond acceptors (Lipinski definition) is 2. The van der Waals surface area contributed by atoms with E-state index in [0.717, 1.165) is 27.5 Å². The normalized spacial score (nSPS) is 13.5. The lowest BCUT2D eigenvalue weighted by molar-refractivity contribution is 0.661. The van der Waals surface area contributed by atoms with Gasteiger partial charge < -0.3 is 9.13 Å². The van der Waals surface area contributed by atoms with Gasteiger partial charge >= 0.3 is 0 Å². The van der Waals surface area contributed by atoms with E-state index in [2.05, 4.69) is 156 Å². The molecule has 0 spiro atoms. The van der Waals surface area contributed by atoms with Crippen molar-refractivity contribution < 1.29 is 0 Å². The molecule has 0 unspecified atom stereocenters. The van der Waals surface area contributed by atoms with E-state index in [9.17, 15) is 5.26 Å². The predicted molar refractivity (Wildman–Crippen MR) is 210 cm³/mol. The highest BCUT2D eigenvalue weighted by Gasteiger charge is 2.36. The fourth-order valence-corrected chi connectivity index (χ4v) is 9.86. The third-order valence-electron chi connectivity index (χ3n) is 11.1. The number of nitriles is 1. The molecule has 0 fully saturated rings. The Hall–Kier alpha value is -6.15. The van der Waals surface area contributed by atoms with Gasteiger partial charge in [-0.15, -0.1) is 11.3 Å². The molecule has 0 radical (unpaired) electrons. The summed E-state index contributed by atoms with van der Waals surface area (Å²) >= 11 is 1.85. The van der Waals surface area contributed by atoms with Crippen molar-refractivity contribution in [1.29, 1.82) is 5.26 Å². The minimum atomic E-state index is -0.0751. The first kappa shape index (κ1) is 27.8. The van der Waals surface area contributed by atoms with Gasteiger partial charge in [-0.25, -0.2) is 0 Å². The summed E-state index contributed by atoms with van der Waals surface area (Å²) in [5.74, 6) is 0. The summed E-state index contributed by atoms with van der Waals surface area (Å²) in [4.78, 5) is 0. The fourth-order valence-electron chi connectivity index (χ4n) is 8.79. The molecule has 1 aliphatic rings. The van der Waals surface area contributed by atoms with Crippen LogP contribution in [0.15, 0.2) is 140 Å². The molecule has 4 heteroatoms. The third-order valence-corrected chi connectivity index (χ3v) is 12.3. The number of thiophene rings is 1. The van der Waals surface area contributed by atoms with Crippen molar-refractivity contribution in [3.8, 4) is 28.6 Å². The Morgan fingerprint density at radius 1 is 0.480 bits per heavy atom. The average molecular weight is 656 g/mol. The lowest BCUT2D eigenvalue weighted by Gasteiger charge is -2.21. The molecule has 3 heterocycles. The van der Waals surface area contributed by atoms with Gasteiger partial charge in [-0.2, -0.15) is 5.26 Å². The molecule has 0 N–H and O–H groups in total. The average Bonchev–Trinajstić information content (AvgIpc) is 3.85. The summed E-state index contributed by atoms with van der Waals surface area (Å²) in [6.45, 7) is 4.72. The molecule has 0 saturated carbocycles. The first-order valence-corrected chi connectivity index (χ1v) is 17.9. The molecule has 50 heavy (non-hydrogen) atoms. The van der Waals surface area contributed by atoms with Crippen LogP contribution in [0.1, 0.15) is 30.5 Å². The summed E-state index contributed by atoms with van der Waals surface area (Å²) in [5.41, 5.74) is 13.1. The lowest BCUT2D eigenvalue weighted by atomic mass is 9.82. The highest BCUT2D eigenvalue weighted by Crippen LogP contribution is 2.51. The highest BCUT2D eigenvalue weighted by atomic mass is 32.1. The molecule has 7 aromatic carbocycles. The first-order chi connectivity index (χ1) is 24.5. The zero-order valence-electron chi connectivity index (χ0n) is 27.5. The Morgan fingerprint density at radius 3 is 1.74 bits per heavy atom. The zero-order chi connectivity index (χ0) is 33.3. The number of fused-ring (bicyclic) bond motifs is 12. The topological polar surface area (TPSA) is 33.6 Å². The Kier molecular flexibility index (Phi) is 5.40. The van der Waals surface area contributed by atoms with E-state index < -0.39 is 0 Å². The SMILES string of the molecule is CC1(C)c2ccccc2-c2cc3c4ccccc4n(-c4ccc5sc6ccc(-n7c8ccccc8c8cc(C#N)ccc87)cc6c5c4)c3cc21. The number of para-hydroxylation sites is 2. The van der Waals surface area contributed by atoms with E-state index in [-0.39, 0.29) is 5.41 Å². The third kappa shape index (κ3) is 3.57. The van der Waals surface area contributed by atoms with E-state index in [1.165, 1.54) is 69.9 Å². The van der Waals surface area contributed by atoms with E-state index >= 15 is 0 Å². The van der Waals surface area contributed by atoms with Crippen LogP contribution in [0.3, 0.4) is 0 Å². The van der Waals surface area contributed by atoms with Crippen molar-refractivity contribution in [3.63, 3.8) is 0 Å². The second-order valence-corrected chi connectivity index (χ2v) is 15.2. The standard InChI is InChI=1S/C46H29N3S/c1-46(2)38-12-6-3-9-30(38)33-24-35-32-11-5-8-14-41(32)49(43(35)25-39(33)46)29-17-20-45-37(23-29)36-22-28(16-19-44(36)50-45)48-40-13-7-4-10-31(40)34-21-27(26-47)15-18-42(34)48/h3-25H,1-2H3. The molecule has 10 aromatic rings. The summed E-state index contributed by atoms with van der Waals surface area (Å²) in [5, 5.41) is 17.0. The molecule has 11 rings (SSSR count). The van der Waals surface area contributed by atoms with Crippen molar-refractivity contribution in [3.05, 3.63) is 156 Å². The molecular weight excluding hydrogens is 627 g/mol. The van der Waals surface area contributed by atoms with Crippen LogP contribution in [0, 0.1) is 11.3 Å². The monoisotopic (exact) mass is 655 g/mol. The van der Waals surface area contributed by atoms with Gasteiger partial charge in [0.05, 0.1) is 33.7 Å². The molecular formula is C46H29N3S. The van der Waals surface area contributed by atoms with Gasteiger partial charge in [0.1, 0.15) is 0 Å². The minimum Gasteiger partial charge on any atom is -0.309 e. The summed E-state index contributed by atoms with van der Waals surface area (Å²) < 4.78 is 7.36. The van der Waals surface area contributed by atoms with Gasteiger partial charge in [0.15, 0.2) is 0 Å². The zero-order valence-corrected chi connectivity index (χ0v) is 28.3. The van der Waals surface area contributed by atoms with Crippen LogP contribution in [0.2, 0.25) is 0 Å². The van der Waals surface area contributed by atoms with E-state index in [1.54, 1.807) is 0 Å². The van der Waals surface area contributed by atoms with Crippen LogP contribution in [-0.4, -0.2) is 9.13 Å². The van der Waals surface area contributed by atoms with Crippen LogP contribution >= 0.6 is 11.3 Å². The Balaban J connectivity index is 1.15. The Labute approximate surface area is 292 Å². The Morgan fingerprint density at radius 2 is 1.06 bits per heavy atom. The molecule has 0 aliphatic heterocycles. The van der Waals surface area contributed by atoms with Crippen molar-refractivity contribution in [2.75, 3.05) is 0 Å². The summed E-state index contributed by atoms with van der Waals surface area (Å²) in [6, 6.07) is 53.3. The van der Waals surface area contributed by atoms with E-state index in [1.807, 2.05) is 23.5 Å². The maximum atomic E-state index is 9.64. The number of rotatable bonds is 2. The van der Waals surface area contributed by atoms with Crippen LogP contribution < -0.4 is 0 Å². The number of nitrogens with zero attached hydrogens (tertiary/aromatic N) is 3. The summed E-state index contributed by atoms with van der Waals surface area (Å²) in [6.07, 6.45) is 0. The van der Waals surface area contributed by atoms with E-state index in [0.29, 0.717) is 5.56 Å². The second kappa shape index (κ2) is 9.72. The van der Waals surface area contributed by atoms with Gasteiger partial charge in [0.2, 0.25) is 0 Å². The first-order valence-electron chi connectivity index (χ1n) is 17.1. The van der Waals surface area contributed by atoms with Gasteiger partial charge in [-0.1, -0.05) is 74.5 Å². The van der Waals surface area contributed by atoms with Crippen LogP contribution in [0.5, 0.6) is 0 Å². The van der Waals surface area contributed by atoms with Crippen LogP contribution in [0.4, 0.5) is 0 Å². The second-order valence-electron chi connectivity index (χ2n) is 14.1. The molecule has 0 saturated heterocycles. The number of hydrogen-bond donors (Lipinski definition) is 0. The van der Waals surface area contributed by atoms with Gasteiger partial charge in [0.25, 0.3) is 0 Å². The molecule has 0 bridgehead atoms. The van der Waals surface area contributed by atoms with Crippen molar-refractivity contribution >= 4 is 75.1 Å². The molecule has 234 valence electrons. The molecule has 3 aromatic heterocycles. The van der Waals surface area contributed by atoms with Crippen molar-refractivity contribution in [2.24, 2.45) is 0 Å². The van der Waals surface area contributed by atoms with Gasteiger partial charge in [0, 0.05) is 58.5 Å². The Bertz CT molecular complexity index is 3140. The van der Waals surface area contributed by atoms with Crippen LogP contribution in [0.25, 0.3) is 86.3 Å². The quantitative estimate of drug-likeness (QED) is 0.182. The molecule has 1 aliphatic carbocycles. The smallest absolute Gasteiger partial charge is 0.0991 e. The molecule has 3 nitrogen and oxygen atoms in total. The largest absolute Gasteiger partial charge is 0.309 e. The van der Waals surface area contributed by atoms with Crippen LogP contribution in [-0.2, 0) is 5.41 Å². The lowest BCUT2D eigenvalue weighted by Crippen LogP contribution is -2.14. The summed E-state index contributed by atoms with van der Waals surface area (Å²) in [7, 11) is 0. The maximum Gasteiger partial charge on any atom is 0.0991 e. The minimum absolute atomic E-state index is 0.0751. The molecule has 0 atom stereocenters. The van der Waals surface area contributed by atoms with E-state index in [4.69, 9.17) is 0 Å². The van der Waals surface area contributed by atoms with Crippen molar-refractivity contribution in [1.82, 2.24) is 9.13 Å². The number of benzene rings is 7. The predicted octanol–water partition coefficient (Wildman–Crippen LogP) is 12.4. The number of aromatic nitrogens is 2. The fraction of sp³-hybridized carbons (Fsp3) is 0.0652. The van der Waals surface area contributed by atoms with Gasteiger partial charge in [-0.05, 0) is 101 Å².